The summed E-state index contributed by atoms with van der Waals surface area (Å²) >= 11 is 0. The lowest BCUT2D eigenvalue weighted by molar-refractivity contribution is -0.125. The first-order valence-corrected chi connectivity index (χ1v) is 14.0. The van der Waals surface area contributed by atoms with Crippen LogP contribution in [0, 0.1) is 0 Å². The number of carbonyl (C=O) groups is 1. The molecule has 2 aromatic heterocycles. The van der Waals surface area contributed by atoms with Gasteiger partial charge in [-0.15, -0.1) is 0 Å². The number of nitrogens with one attached hydrogen (secondary N) is 1. The Morgan fingerprint density at radius 2 is 1.95 bits per heavy atom. The van der Waals surface area contributed by atoms with Crippen LogP contribution in [0.3, 0.4) is 0 Å². The molecular weight excluding hydrogens is 480 g/mol. The van der Waals surface area contributed by atoms with Crippen LogP contribution in [0.4, 0.5) is 17.2 Å². The Kier molecular flexibility index (Phi) is 6.00. The number of amides is 1. The Balaban J connectivity index is 1.15. The van der Waals surface area contributed by atoms with E-state index in [1.807, 2.05) is 11.1 Å². The van der Waals surface area contributed by atoms with Crippen molar-refractivity contribution in [1.82, 2.24) is 19.8 Å². The topological polar surface area (TPSA) is 83.1 Å². The van der Waals surface area contributed by atoms with Gasteiger partial charge in [0.15, 0.2) is 5.75 Å². The van der Waals surface area contributed by atoms with E-state index in [1.54, 1.807) is 0 Å². The molecule has 9 nitrogen and oxygen atoms in total. The number of aromatic nitrogens is 2. The molecule has 2 aromatic rings. The van der Waals surface area contributed by atoms with Crippen LogP contribution < -0.4 is 15.0 Å². The highest BCUT2D eigenvalue weighted by Crippen LogP contribution is 2.51. The van der Waals surface area contributed by atoms with Crippen LogP contribution >= 0.6 is 0 Å². The van der Waals surface area contributed by atoms with Crippen LogP contribution in [-0.4, -0.2) is 84.2 Å². The number of fused-ring (bicyclic) bond motifs is 2. The Labute approximate surface area is 223 Å². The predicted molar refractivity (Wildman–Crippen MR) is 145 cm³/mol. The van der Waals surface area contributed by atoms with Gasteiger partial charge in [-0.05, 0) is 44.4 Å². The first kappa shape index (κ1) is 23.9. The minimum atomic E-state index is -0.141. The van der Waals surface area contributed by atoms with Crippen molar-refractivity contribution in [3.8, 4) is 5.75 Å². The molecule has 4 fully saturated rings. The first-order chi connectivity index (χ1) is 18.6. The molecule has 0 spiro atoms. The average molecular weight is 517 g/mol. The molecular formula is C29H36N6O3. The lowest BCUT2D eigenvalue weighted by Gasteiger charge is -2.43. The average Bonchev–Trinajstić information content (AvgIpc) is 3.67. The van der Waals surface area contributed by atoms with Gasteiger partial charge in [0.05, 0.1) is 30.2 Å². The Morgan fingerprint density at radius 3 is 2.71 bits per heavy atom. The second-order valence-electron chi connectivity index (χ2n) is 11.2. The van der Waals surface area contributed by atoms with Crippen molar-refractivity contribution in [2.24, 2.45) is 0 Å². The quantitative estimate of drug-likeness (QED) is 0.604. The van der Waals surface area contributed by atoms with Gasteiger partial charge in [-0.2, -0.15) is 0 Å². The molecule has 5 aliphatic rings. The number of hydrogen-bond acceptors (Lipinski definition) is 8. The molecule has 0 aromatic carbocycles. The highest BCUT2D eigenvalue weighted by atomic mass is 16.5. The van der Waals surface area contributed by atoms with E-state index in [0.29, 0.717) is 17.9 Å². The fourth-order valence-electron chi connectivity index (χ4n) is 6.41. The first-order valence-electron chi connectivity index (χ1n) is 14.0. The number of anilines is 3. The molecule has 0 unspecified atom stereocenters. The van der Waals surface area contributed by atoms with E-state index < -0.39 is 0 Å². The minimum absolute atomic E-state index is 0.0389. The largest absolute Gasteiger partial charge is 0.482 e. The van der Waals surface area contributed by atoms with Gasteiger partial charge in [-0.1, -0.05) is 6.58 Å². The summed E-state index contributed by atoms with van der Waals surface area (Å²) in [5.41, 5.74) is 5.48. The van der Waals surface area contributed by atoms with Crippen molar-refractivity contribution in [2.45, 2.75) is 50.2 Å². The number of likely N-dealkylation sites (tertiary alicyclic amines) is 2. The number of pyridine rings is 2. The van der Waals surface area contributed by atoms with Crippen molar-refractivity contribution in [3.05, 3.63) is 47.9 Å². The van der Waals surface area contributed by atoms with E-state index in [9.17, 15) is 4.79 Å². The smallest absolute Gasteiger partial charge is 0.246 e. The molecule has 1 amide bonds. The summed E-state index contributed by atoms with van der Waals surface area (Å²) in [6.45, 7) is 12.5. The number of nitrogens with zero attached hydrogens (tertiary/aromatic N) is 5. The molecule has 2 atom stereocenters. The Hall–Kier alpha value is -3.17. The standard InChI is InChI=1S/C29H36N6O3/c1-3-25(36)34-9-7-21(17-34)35-15-20(16-35)22-14-23-28(27(31-22)19-4-5-19)38-18(2)26-24(6-8-30-29(26)32-23)33-10-12-37-13-11-33/h3,6,8,14,18-21H,1,4-5,7,9-13,15-17H2,2H3,(H,30,32)/t18-,21+/m1/s1. The van der Waals surface area contributed by atoms with Gasteiger partial charge in [-0.3, -0.25) is 14.7 Å². The lowest BCUT2D eigenvalue weighted by Crippen LogP contribution is -2.52. The van der Waals surface area contributed by atoms with Gasteiger partial charge >= 0.3 is 0 Å². The molecule has 6 heterocycles. The van der Waals surface area contributed by atoms with E-state index in [-0.39, 0.29) is 12.0 Å². The molecule has 0 bridgehead atoms. The van der Waals surface area contributed by atoms with Gasteiger partial charge in [0.1, 0.15) is 11.9 Å². The van der Waals surface area contributed by atoms with E-state index in [1.165, 1.54) is 11.8 Å². The summed E-state index contributed by atoms with van der Waals surface area (Å²) in [4.78, 5) is 28.8. The van der Waals surface area contributed by atoms with E-state index in [2.05, 4.69) is 40.8 Å². The predicted octanol–water partition coefficient (Wildman–Crippen LogP) is 3.57. The van der Waals surface area contributed by atoms with Crippen LogP contribution in [0.25, 0.3) is 0 Å². The maximum Gasteiger partial charge on any atom is 0.246 e. The van der Waals surface area contributed by atoms with E-state index >= 15 is 0 Å². The maximum absolute atomic E-state index is 12.0. The zero-order chi connectivity index (χ0) is 25.8. The van der Waals surface area contributed by atoms with Crippen LogP contribution in [0.5, 0.6) is 5.75 Å². The molecule has 200 valence electrons. The van der Waals surface area contributed by atoms with Gasteiger partial charge in [0.25, 0.3) is 0 Å². The maximum atomic E-state index is 12.0. The number of carbonyl (C=O) groups excluding carboxylic acids is 1. The van der Waals surface area contributed by atoms with Crippen molar-refractivity contribution in [3.63, 3.8) is 0 Å². The second kappa shape index (κ2) is 9.54. The fraction of sp³-hybridized carbons (Fsp3) is 0.552. The zero-order valence-electron chi connectivity index (χ0n) is 22.1. The molecule has 3 saturated heterocycles. The number of hydrogen-bond donors (Lipinski definition) is 1. The lowest BCUT2D eigenvalue weighted by atomic mass is 9.92. The molecule has 9 heteroatoms. The van der Waals surface area contributed by atoms with Crippen molar-refractivity contribution in [2.75, 3.05) is 62.7 Å². The molecule has 0 radical (unpaired) electrons. The third-order valence-corrected chi connectivity index (χ3v) is 8.75. The minimum Gasteiger partial charge on any atom is -0.482 e. The molecule has 38 heavy (non-hydrogen) atoms. The Morgan fingerprint density at radius 1 is 1.13 bits per heavy atom. The summed E-state index contributed by atoms with van der Waals surface area (Å²) in [6.07, 6.45) is 6.53. The molecule has 4 aliphatic heterocycles. The molecule has 7 rings (SSSR count). The van der Waals surface area contributed by atoms with Crippen LogP contribution in [0.2, 0.25) is 0 Å². The van der Waals surface area contributed by atoms with Crippen LogP contribution in [0.15, 0.2) is 31.0 Å². The van der Waals surface area contributed by atoms with Crippen molar-refractivity contribution < 1.29 is 14.3 Å². The van der Waals surface area contributed by atoms with Crippen LogP contribution in [-0.2, 0) is 9.53 Å². The fourth-order valence-corrected chi connectivity index (χ4v) is 6.41. The third-order valence-electron chi connectivity index (χ3n) is 8.75. The normalized spacial score (nSPS) is 25.5. The number of rotatable bonds is 5. The molecule has 1 aliphatic carbocycles. The van der Waals surface area contributed by atoms with Crippen molar-refractivity contribution >= 4 is 23.1 Å². The summed E-state index contributed by atoms with van der Waals surface area (Å²) in [6, 6.07) is 4.72. The zero-order valence-corrected chi connectivity index (χ0v) is 22.1. The third kappa shape index (κ3) is 4.22. The molecule has 1 saturated carbocycles. The molecule has 1 N–H and O–H groups in total. The summed E-state index contributed by atoms with van der Waals surface area (Å²) in [5, 5.41) is 3.67. The van der Waals surface area contributed by atoms with Gasteiger partial charge < -0.3 is 24.6 Å². The Bertz CT molecular complexity index is 1250. The monoisotopic (exact) mass is 516 g/mol. The van der Waals surface area contributed by atoms with Crippen LogP contribution in [0.1, 0.15) is 61.1 Å². The highest BCUT2D eigenvalue weighted by molar-refractivity contribution is 5.87. The summed E-state index contributed by atoms with van der Waals surface area (Å²) in [7, 11) is 0. The highest BCUT2D eigenvalue weighted by Gasteiger charge is 2.40. The number of ether oxygens (including phenoxy) is 2. The SMILES string of the molecule is C=CC(=O)N1CC[C@H](N2CC(c3cc4c(c(C5CC5)n3)O[C@H](C)c3c(N5CCOCC5)ccnc3N4)C2)C1. The second-order valence-corrected chi connectivity index (χ2v) is 11.2. The summed E-state index contributed by atoms with van der Waals surface area (Å²) in [5.74, 6) is 2.65. The van der Waals surface area contributed by atoms with Crippen molar-refractivity contribution in [1.29, 1.82) is 0 Å². The van der Waals surface area contributed by atoms with Gasteiger partial charge in [0, 0.05) is 74.7 Å². The van der Waals surface area contributed by atoms with Gasteiger partial charge in [-0.25, -0.2) is 4.98 Å². The number of morpholine rings is 1. The van der Waals surface area contributed by atoms with Gasteiger partial charge in [0.2, 0.25) is 5.91 Å². The van der Waals surface area contributed by atoms with E-state index in [4.69, 9.17) is 19.4 Å². The summed E-state index contributed by atoms with van der Waals surface area (Å²) < 4.78 is 12.3. The van der Waals surface area contributed by atoms with E-state index in [0.717, 1.165) is 106 Å².